The van der Waals surface area contributed by atoms with Crippen molar-refractivity contribution in [2.75, 3.05) is 0 Å². The van der Waals surface area contributed by atoms with Crippen LogP contribution in [0.25, 0.3) is 0 Å². The van der Waals surface area contributed by atoms with E-state index in [9.17, 15) is 67.1 Å². The highest BCUT2D eigenvalue weighted by atomic mass is 19.4. The first-order valence-corrected chi connectivity index (χ1v) is 14.8. The highest BCUT2D eigenvalue weighted by Crippen LogP contribution is 2.47. The van der Waals surface area contributed by atoms with Crippen LogP contribution < -0.4 is 0 Å². The Morgan fingerprint density at radius 3 is 1.16 bits per heavy atom. The van der Waals surface area contributed by atoms with Crippen molar-refractivity contribution in [3.63, 3.8) is 0 Å². The molecular weight excluding hydrogens is 724 g/mol. The fourth-order valence-corrected chi connectivity index (χ4v) is 4.02. The number of halogens is 12. The second kappa shape index (κ2) is 17.0. The lowest BCUT2D eigenvalue weighted by atomic mass is 9.98. The van der Waals surface area contributed by atoms with Crippen LogP contribution in [0.4, 0.5) is 52.7 Å². The zero-order chi connectivity index (χ0) is 39.8. The van der Waals surface area contributed by atoms with E-state index in [2.05, 4.69) is 14.2 Å². The molecule has 0 fully saturated rings. The maximum absolute atomic E-state index is 13.1. The smallest absolute Gasteiger partial charge is 0.449 e. The molecule has 7 nitrogen and oxygen atoms in total. The number of hydrogen-bond donors (Lipinski definition) is 1. The molecular formula is C32H34F12O7. The van der Waals surface area contributed by atoms with Crippen LogP contribution in [0.2, 0.25) is 0 Å². The number of benzene rings is 2. The van der Waals surface area contributed by atoms with Gasteiger partial charge in [0.2, 0.25) is 0 Å². The average molecular weight is 759 g/mol. The van der Waals surface area contributed by atoms with Crippen molar-refractivity contribution in [2.24, 2.45) is 0 Å². The van der Waals surface area contributed by atoms with Crippen molar-refractivity contribution >= 4 is 17.9 Å². The Hall–Kier alpha value is -4.03. The predicted octanol–water partition coefficient (Wildman–Crippen LogP) is 8.77. The van der Waals surface area contributed by atoms with Crippen molar-refractivity contribution in [1.29, 1.82) is 0 Å². The largest absolute Gasteiger partial charge is 0.458 e. The van der Waals surface area contributed by atoms with E-state index < -0.39 is 67.0 Å². The molecule has 0 aliphatic rings. The molecule has 1 N–H and O–H groups in total. The first kappa shape index (κ1) is 45.0. The normalized spacial score (nSPS) is 14.1. The van der Waals surface area contributed by atoms with Gasteiger partial charge in [0.1, 0.15) is 13.2 Å². The predicted molar refractivity (Wildman–Crippen MR) is 154 cm³/mol. The standard InChI is InChI=1S/C17H18F6O4.C15H16F6O3/c1-4-10(2)13-7-5-12(6-8-13)9-26-14(25)15(16(18,19)20,17(21,22)23)27-11(3)24;1-3-9(2)11-6-4-10(5-7-11)8-24-12(22)13(23,14(16,17)18)15(19,20)21/h5-8,10H,4,9H2,1-3H3;4-7,9,23H,3,8H2,1-2H3. The van der Waals surface area contributed by atoms with Gasteiger partial charge in [0.05, 0.1) is 0 Å². The Bertz CT molecular complexity index is 1420. The number of carbonyl (C=O) groups is 3. The number of esters is 3. The van der Waals surface area contributed by atoms with Gasteiger partial charge in [-0.1, -0.05) is 76.2 Å². The molecule has 0 aliphatic carbocycles. The van der Waals surface area contributed by atoms with E-state index in [0.29, 0.717) is 6.92 Å². The van der Waals surface area contributed by atoms with Gasteiger partial charge < -0.3 is 19.3 Å². The van der Waals surface area contributed by atoms with Gasteiger partial charge in [-0.15, -0.1) is 0 Å². The van der Waals surface area contributed by atoms with E-state index in [1.165, 1.54) is 24.3 Å². The van der Waals surface area contributed by atoms with Crippen molar-refractivity contribution in [2.45, 2.75) is 108 Å². The number of carbonyl (C=O) groups excluding carboxylic acids is 3. The lowest BCUT2D eigenvalue weighted by Gasteiger charge is -2.33. The number of aliphatic hydroxyl groups is 1. The molecule has 0 saturated heterocycles. The summed E-state index contributed by atoms with van der Waals surface area (Å²) in [6.07, 6.45) is -23.3. The Morgan fingerprint density at radius 1 is 0.588 bits per heavy atom. The van der Waals surface area contributed by atoms with E-state index in [1.807, 2.05) is 27.7 Å². The molecule has 0 radical (unpaired) electrons. The molecule has 2 unspecified atom stereocenters. The van der Waals surface area contributed by atoms with E-state index in [-0.39, 0.29) is 23.0 Å². The third-order valence-electron chi connectivity index (χ3n) is 7.56. The zero-order valence-electron chi connectivity index (χ0n) is 27.5. The Kier molecular flexibility index (Phi) is 15.0. The highest BCUT2D eigenvalue weighted by molar-refractivity contribution is 5.85. The molecule has 0 spiro atoms. The summed E-state index contributed by atoms with van der Waals surface area (Å²) in [7, 11) is 0. The van der Waals surface area contributed by atoms with Crippen molar-refractivity contribution < 1.29 is 86.4 Å². The summed E-state index contributed by atoms with van der Waals surface area (Å²) < 4.78 is 165. The minimum absolute atomic E-state index is 0.177. The molecule has 0 saturated carbocycles. The average Bonchev–Trinajstić information content (AvgIpc) is 3.02. The number of alkyl halides is 12. The minimum atomic E-state index is -6.26. The quantitative estimate of drug-likeness (QED) is 0.139. The maximum Gasteiger partial charge on any atom is 0.449 e. The van der Waals surface area contributed by atoms with Gasteiger partial charge in [-0.05, 0) is 46.9 Å². The van der Waals surface area contributed by atoms with E-state index >= 15 is 0 Å². The van der Waals surface area contributed by atoms with Gasteiger partial charge in [-0.2, -0.15) is 52.7 Å². The van der Waals surface area contributed by atoms with E-state index in [0.717, 1.165) is 24.0 Å². The Labute approximate surface area is 283 Å². The fourth-order valence-electron chi connectivity index (χ4n) is 4.02. The van der Waals surface area contributed by atoms with Crippen molar-refractivity contribution in [3.05, 3.63) is 70.8 Å². The van der Waals surface area contributed by atoms with Crippen molar-refractivity contribution in [3.8, 4) is 0 Å². The van der Waals surface area contributed by atoms with Gasteiger partial charge in [0.15, 0.2) is 0 Å². The summed E-state index contributed by atoms with van der Waals surface area (Å²) in [5, 5.41) is 8.86. The number of rotatable bonds is 11. The summed E-state index contributed by atoms with van der Waals surface area (Å²) in [6.45, 7) is 6.44. The van der Waals surface area contributed by atoms with Crippen LogP contribution >= 0.6 is 0 Å². The molecule has 19 heteroatoms. The minimum Gasteiger partial charge on any atom is -0.458 e. The highest BCUT2D eigenvalue weighted by Gasteiger charge is 2.80. The molecule has 2 aromatic rings. The third kappa shape index (κ3) is 10.7. The third-order valence-corrected chi connectivity index (χ3v) is 7.56. The van der Waals surface area contributed by atoms with Gasteiger partial charge in [0, 0.05) is 6.92 Å². The monoisotopic (exact) mass is 758 g/mol. The van der Waals surface area contributed by atoms with Gasteiger partial charge in [-0.25, -0.2) is 9.59 Å². The van der Waals surface area contributed by atoms with Crippen LogP contribution in [0.15, 0.2) is 48.5 Å². The lowest BCUT2D eigenvalue weighted by Crippen LogP contribution is -2.65. The molecule has 2 atom stereocenters. The second-order valence-electron chi connectivity index (χ2n) is 11.2. The van der Waals surface area contributed by atoms with E-state index in [1.54, 1.807) is 24.3 Å². The van der Waals surface area contributed by atoms with Crippen LogP contribution in [0, 0.1) is 0 Å². The second-order valence-corrected chi connectivity index (χ2v) is 11.2. The van der Waals surface area contributed by atoms with Crippen LogP contribution in [0.1, 0.15) is 81.5 Å². The van der Waals surface area contributed by atoms with Gasteiger partial charge >= 0.3 is 53.8 Å². The van der Waals surface area contributed by atoms with Crippen LogP contribution in [0.3, 0.4) is 0 Å². The summed E-state index contributed by atoms with van der Waals surface area (Å²) in [5.74, 6) is -7.08. The molecule has 2 aromatic carbocycles. The Morgan fingerprint density at radius 2 is 0.902 bits per heavy atom. The first-order valence-electron chi connectivity index (χ1n) is 14.8. The molecule has 0 amide bonds. The summed E-state index contributed by atoms with van der Waals surface area (Å²) >= 11 is 0. The molecule has 0 aromatic heterocycles. The summed E-state index contributed by atoms with van der Waals surface area (Å²) in [4.78, 5) is 33.8. The number of hydrogen-bond acceptors (Lipinski definition) is 7. The van der Waals surface area contributed by atoms with E-state index in [4.69, 9.17) is 5.11 Å². The summed E-state index contributed by atoms with van der Waals surface area (Å²) in [5.41, 5.74) is -8.74. The summed E-state index contributed by atoms with van der Waals surface area (Å²) in [6, 6.07) is 12.2. The lowest BCUT2D eigenvalue weighted by molar-refractivity contribution is -0.359. The maximum atomic E-state index is 13.1. The topological polar surface area (TPSA) is 99.1 Å². The van der Waals surface area contributed by atoms with Crippen LogP contribution in [0.5, 0.6) is 0 Å². The SMILES string of the molecule is CCC(C)c1ccc(COC(=O)C(O)(C(F)(F)F)C(F)(F)F)cc1.CCC(C)c1ccc(COC(=O)C(OC(C)=O)(C(F)(F)F)C(F)(F)F)cc1. The molecule has 51 heavy (non-hydrogen) atoms. The Balaban J connectivity index is 0.000000514. The molecule has 0 bridgehead atoms. The molecule has 288 valence electrons. The van der Waals surface area contributed by atoms with Crippen LogP contribution in [-0.2, 0) is 41.8 Å². The fraction of sp³-hybridized carbons (Fsp3) is 0.531. The number of ether oxygens (including phenoxy) is 3. The van der Waals surface area contributed by atoms with Crippen LogP contribution in [-0.4, -0.2) is 58.9 Å². The van der Waals surface area contributed by atoms with Gasteiger partial charge in [-0.3, -0.25) is 4.79 Å². The molecule has 0 heterocycles. The molecule has 2 rings (SSSR count). The van der Waals surface area contributed by atoms with Crippen molar-refractivity contribution in [1.82, 2.24) is 0 Å². The first-order chi connectivity index (χ1) is 23.1. The van der Waals surface area contributed by atoms with Gasteiger partial charge in [0.25, 0.3) is 0 Å². The zero-order valence-corrected chi connectivity index (χ0v) is 27.5. The molecule has 0 aliphatic heterocycles.